The first-order chi connectivity index (χ1) is 16.0. The van der Waals surface area contributed by atoms with Crippen LogP contribution in [0.5, 0.6) is 11.6 Å². The number of carbonyl (C=O) groups is 2. The summed E-state index contributed by atoms with van der Waals surface area (Å²) in [5.74, 6) is -1.83. The number of carboxylic acid groups (broad SMARTS) is 1. The predicted octanol–water partition coefficient (Wildman–Crippen LogP) is 5.14. The number of rotatable bonds is 7. The molecule has 8 nitrogen and oxygen atoms in total. The molecule has 4 aromatic rings. The van der Waals surface area contributed by atoms with E-state index >= 15 is 0 Å². The molecule has 33 heavy (non-hydrogen) atoms. The monoisotopic (exact) mass is 460 g/mol. The number of carboxylic acids is 1. The molecule has 4 rings (SSSR count). The van der Waals surface area contributed by atoms with Crippen LogP contribution in [0.1, 0.15) is 28.4 Å². The Morgan fingerprint density at radius 1 is 1.24 bits per heavy atom. The second-order valence-electron chi connectivity index (χ2n) is 6.85. The van der Waals surface area contributed by atoms with Crippen LogP contribution >= 0.6 is 11.3 Å². The van der Waals surface area contributed by atoms with E-state index in [-0.39, 0.29) is 29.4 Å². The number of furan rings is 1. The molecule has 0 aliphatic carbocycles. The Bertz CT molecular complexity index is 1350. The molecule has 0 aliphatic rings. The number of nitrogens with zero attached hydrogens (tertiary/aromatic N) is 2. The van der Waals surface area contributed by atoms with E-state index in [1.54, 1.807) is 12.1 Å². The molecular formula is C24H16N2O6S. The zero-order valence-corrected chi connectivity index (χ0v) is 18.1. The summed E-state index contributed by atoms with van der Waals surface area (Å²) in [6.07, 6.45) is 3.05. The number of pyridine rings is 1. The molecule has 1 N–H and O–H groups in total. The van der Waals surface area contributed by atoms with Gasteiger partial charge in [0.25, 0.3) is 0 Å². The third kappa shape index (κ3) is 4.76. The Morgan fingerprint density at radius 2 is 2.09 bits per heavy atom. The third-order valence-corrected chi connectivity index (χ3v) is 5.50. The fourth-order valence-electron chi connectivity index (χ4n) is 3.15. The first-order valence-electron chi connectivity index (χ1n) is 9.65. The molecule has 0 fully saturated rings. The van der Waals surface area contributed by atoms with Crippen LogP contribution in [-0.4, -0.2) is 22.0 Å². The van der Waals surface area contributed by atoms with E-state index < -0.39 is 11.9 Å². The van der Waals surface area contributed by atoms with E-state index in [1.807, 2.05) is 23.6 Å². The maximum Gasteiger partial charge on any atom is 0.339 e. The summed E-state index contributed by atoms with van der Waals surface area (Å²) in [6, 6.07) is 13.8. The van der Waals surface area contributed by atoms with Crippen molar-refractivity contribution < 1.29 is 28.6 Å². The number of ether oxygens (including phenoxy) is 2. The lowest BCUT2D eigenvalue weighted by molar-refractivity contribution is -0.131. The zero-order chi connectivity index (χ0) is 23.4. The minimum atomic E-state index is -1.22. The highest BCUT2D eigenvalue weighted by Gasteiger charge is 2.19. The molecule has 0 spiro atoms. The van der Waals surface area contributed by atoms with Gasteiger partial charge in [-0.25, -0.2) is 9.78 Å². The minimum absolute atomic E-state index is 0.0332. The van der Waals surface area contributed by atoms with Crippen molar-refractivity contribution in [2.75, 3.05) is 0 Å². The van der Waals surface area contributed by atoms with Gasteiger partial charge in [0.05, 0.1) is 23.1 Å². The number of nitriles is 1. The molecule has 3 heterocycles. The Hall–Kier alpha value is -4.42. The molecule has 164 valence electrons. The largest absolute Gasteiger partial charge is 0.478 e. The highest BCUT2D eigenvalue weighted by atomic mass is 32.1. The number of esters is 1. The summed E-state index contributed by atoms with van der Waals surface area (Å²) in [5, 5.41) is 21.1. The van der Waals surface area contributed by atoms with Crippen LogP contribution in [-0.2, 0) is 11.4 Å². The van der Waals surface area contributed by atoms with Gasteiger partial charge in [0.15, 0.2) is 0 Å². The average molecular weight is 460 g/mol. The van der Waals surface area contributed by atoms with Crippen LogP contribution in [0.2, 0.25) is 0 Å². The molecule has 9 heteroatoms. The lowest BCUT2D eigenvalue weighted by atomic mass is 10.0. The first kappa shape index (κ1) is 21.8. The number of aromatic carboxylic acids is 1. The van der Waals surface area contributed by atoms with Gasteiger partial charge >= 0.3 is 11.9 Å². The summed E-state index contributed by atoms with van der Waals surface area (Å²) in [5.41, 5.74) is 2.58. The second kappa shape index (κ2) is 9.38. The SMILES string of the molecule is CC(=O)Oc1cc(COc2nc(-c3cccs3)cc(-c3ccoc3)c2C#N)ccc1C(=O)O. The fourth-order valence-corrected chi connectivity index (χ4v) is 3.84. The molecule has 0 amide bonds. The highest BCUT2D eigenvalue weighted by molar-refractivity contribution is 7.13. The standard InChI is InChI=1S/C24H16N2O6S/c1-14(27)32-21-9-15(4-5-17(21)24(28)29)12-31-23-19(11-25)18(16-6-7-30-13-16)10-20(26-23)22-3-2-8-33-22/h2-10,13H,12H2,1H3,(H,28,29). The normalized spacial score (nSPS) is 10.4. The number of aromatic nitrogens is 1. The van der Waals surface area contributed by atoms with Gasteiger partial charge in [-0.15, -0.1) is 11.3 Å². The predicted molar refractivity (Wildman–Crippen MR) is 119 cm³/mol. The van der Waals surface area contributed by atoms with Crippen molar-refractivity contribution in [3.8, 4) is 39.4 Å². The Balaban J connectivity index is 1.72. The molecule has 1 aromatic carbocycles. The van der Waals surface area contributed by atoms with Crippen molar-refractivity contribution in [3.63, 3.8) is 0 Å². The summed E-state index contributed by atoms with van der Waals surface area (Å²) >= 11 is 1.50. The summed E-state index contributed by atoms with van der Waals surface area (Å²) < 4.78 is 16.1. The molecule has 0 saturated carbocycles. The van der Waals surface area contributed by atoms with Gasteiger partial charge in [-0.3, -0.25) is 4.79 Å². The van der Waals surface area contributed by atoms with Crippen molar-refractivity contribution in [1.29, 1.82) is 5.26 Å². The number of thiophene rings is 1. The lowest BCUT2D eigenvalue weighted by Gasteiger charge is -2.13. The molecular weight excluding hydrogens is 444 g/mol. The minimum Gasteiger partial charge on any atom is -0.478 e. The summed E-state index contributed by atoms with van der Waals surface area (Å²) in [4.78, 5) is 28.2. The Kier molecular flexibility index (Phi) is 6.20. The van der Waals surface area contributed by atoms with Gasteiger partial charge < -0.3 is 19.0 Å². The van der Waals surface area contributed by atoms with Crippen LogP contribution in [0, 0.1) is 11.3 Å². The van der Waals surface area contributed by atoms with Crippen LogP contribution in [0.4, 0.5) is 0 Å². The summed E-state index contributed by atoms with van der Waals surface area (Å²) in [7, 11) is 0. The molecule has 3 aromatic heterocycles. The molecule has 0 radical (unpaired) electrons. The van der Waals surface area contributed by atoms with Gasteiger partial charge in [-0.2, -0.15) is 5.26 Å². The maximum atomic E-state index is 11.4. The van der Waals surface area contributed by atoms with E-state index in [2.05, 4.69) is 11.1 Å². The molecule has 0 atom stereocenters. The number of carbonyl (C=O) groups excluding carboxylic acids is 1. The smallest absolute Gasteiger partial charge is 0.339 e. The highest BCUT2D eigenvalue weighted by Crippen LogP contribution is 2.35. The molecule has 0 bridgehead atoms. The van der Waals surface area contributed by atoms with Crippen molar-refractivity contribution in [2.24, 2.45) is 0 Å². The lowest BCUT2D eigenvalue weighted by Crippen LogP contribution is -2.09. The average Bonchev–Trinajstić information content (AvgIpc) is 3.51. The Labute approximate surface area is 192 Å². The molecule has 0 saturated heterocycles. The van der Waals surface area contributed by atoms with Gasteiger partial charge in [0.1, 0.15) is 29.6 Å². The van der Waals surface area contributed by atoms with E-state index in [9.17, 15) is 20.0 Å². The molecule has 0 unspecified atom stereocenters. The maximum absolute atomic E-state index is 11.4. The van der Waals surface area contributed by atoms with Gasteiger partial charge in [-0.1, -0.05) is 12.1 Å². The molecule has 0 aliphatic heterocycles. The van der Waals surface area contributed by atoms with Crippen molar-refractivity contribution in [2.45, 2.75) is 13.5 Å². The fraction of sp³-hybridized carbons (Fsp3) is 0.0833. The van der Waals surface area contributed by atoms with E-state index in [0.717, 1.165) is 4.88 Å². The number of hydrogen-bond acceptors (Lipinski definition) is 8. The number of benzene rings is 1. The second-order valence-corrected chi connectivity index (χ2v) is 7.80. The van der Waals surface area contributed by atoms with Crippen molar-refractivity contribution >= 4 is 23.3 Å². The van der Waals surface area contributed by atoms with Crippen LogP contribution < -0.4 is 9.47 Å². The quantitative estimate of drug-likeness (QED) is 0.297. The Morgan fingerprint density at radius 3 is 2.73 bits per heavy atom. The van der Waals surface area contributed by atoms with Gasteiger partial charge in [0.2, 0.25) is 5.88 Å². The third-order valence-electron chi connectivity index (χ3n) is 4.61. The van der Waals surface area contributed by atoms with Crippen molar-refractivity contribution in [3.05, 3.63) is 77.1 Å². The zero-order valence-electron chi connectivity index (χ0n) is 17.3. The van der Waals surface area contributed by atoms with Crippen LogP contribution in [0.3, 0.4) is 0 Å². The van der Waals surface area contributed by atoms with E-state index in [4.69, 9.17) is 13.9 Å². The number of hydrogen-bond donors (Lipinski definition) is 1. The van der Waals surface area contributed by atoms with Crippen LogP contribution in [0.25, 0.3) is 21.7 Å². The van der Waals surface area contributed by atoms with Gasteiger partial charge in [-0.05, 0) is 41.3 Å². The van der Waals surface area contributed by atoms with E-state index in [0.29, 0.717) is 22.4 Å². The van der Waals surface area contributed by atoms with E-state index in [1.165, 1.54) is 42.9 Å². The van der Waals surface area contributed by atoms with Crippen LogP contribution in [0.15, 0.2) is 64.8 Å². The first-order valence-corrected chi connectivity index (χ1v) is 10.5. The topological polar surface area (TPSA) is 123 Å². The van der Waals surface area contributed by atoms with Crippen molar-refractivity contribution in [1.82, 2.24) is 4.98 Å². The summed E-state index contributed by atoms with van der Waals surface area (Å²) in [6.45, 7) is 1.15. The van der Waals surface area contributed by atoms with Gasteiger partial charge in [0, 0.05) is 18.1 Å².